The molecule has 0 aliphatic carbocycles. The quantitative estimate of drug-likeness (QED) is 0.531. The lowest BCUT2D eigenvalue weighted by Crippen LogP contribution is -2.06. The number of benzene rings is 2. The molecule has 0 fully saturated rings. The van der Waals surface area contributed by atoms with Crippen molar-refractivity contribution in [1.29, 1.82) is 0 Å². The van der Waals surface area contributed by atoms with Gasteiger partial charge in [-0.25, -0.2) is 4.39 Å². The van der Waals surface area contributed by atoms with Gasteiger partial charge in [-0.05, 0) is 41.5 Å². The fourth-order valence-electron chi connectivity index (χ4n) is 2.57. The van der Waals surface area contributed by atoms with Crippen molar-refractivity contribution >= 4 is 45.7 Å². The van der Waals surface area contributed by atoms with Gasteiger partial charge >= 0.3 is 0 Å². The summed E-state index contributed by atoms with van der Waals surface area (Å²) in [6.45, 7) is 0. The minimum Gasteiger partial charge on any atom is -0.354 e. The highest BCUT2D eigenvalue weighted by molar-refractivity contribution is 6.31. The first-order valence-corrected chi connectivity index (χ1v) is 8.13. The number of nitrogens with one attached hydrogen (secondary N) is 1. The van der Waals surface area contributed by atoms with Gasteiger partial charge in [-0.15, -0.1) is 11.6 Å². The molecule has 0 amide bonds. The summed E-state index contributed by atoms with van der Waals surface area (Å²) in [5, 5.41) is 2.20. The number of aromatic amines is 1. The summed E-state index contributed by atoms with van der Waals surface area (Å²) in [4.78, 5) is 3.35. The Hall–Kier alpha value is -1.22. The molecule has 0 saturated heterocycles. The number of halogens is 4. The van der Waals surface area contributed by atoms with E-state index in [0.29, 0.717) is 10.0 Å². The largest absolute Gasteiger partial charge is 0.354 e. The first kappa shape index (κ1) is 15.7. The van der Waals surface area contributed by atoms with Crippen LogP contribution in [0.1, 0.15) is 5.56 Å². The minimum atomic E-state index is -1.11. The zero-order chi connectivity index (χ0) is 15.7. The lowest BCUT2D eigenvalue weighted by atomic mass is 10.0. The molecule has 1 unspecified atom stereocenters. The molecule has 114 valence electrons. The van der Waals surface area contributed by atoms with Gasteiger partial charge in [0.2, 0.25) is 0 Å². The molecule has 0 aliphatic heterocycles. The highest BCUT2D eigenvalue weighted by Crippen LogP contribution is 2.33. The van der Waals surface area contributed by atoms with Gasteiger partial charge in [0.15, 0.2) is 0 Å². The van der Waals surface area contributed by atoms with E-state index in [0.717, 1.165) is 27.7 Å². The monoisotopic (exact) mass is 355 g/mol. The Bertz CT molecular complexity index is 796. The van der Waals surface area contributed by atoms with E-state index < -0.39 is 6.17 Å². The van der Waals surface area contributed by atoms with Crippen LogP contribution in [0.25, 0.3) is 22.2 Å². The van der Waals surface area contributed by atoms with Crippen LogP contribution in [0.4, 0.5) is 4.39 Å². The molecule has 1 nitrogen and oxygen atoms in total. The lowest BCUT2D eigenvalue weighted by Gasteiger charge is -2.08. The molecule has 1 aromatic heterocycles. The van der Waals surface area contributed by atoms with Crippen LogP contribution in [0.3, 0.4) is 0 Å². The summed E-state index contributed by atoms with van der Waals surface area (Å²) >= 11 is 17.7. The zero-order valence-electron chi connectivity index (χ0n) is 11.5. The molecule has 22 heavy (non-hydrogen) atoms. The predicted octanol–water partition coefficient (Wildman–Crippen LogP) is 6.26. The first-order chi connectivity index (χ1) is 10.6. The molecule has 0 radical (unpaired) electrons. The maximum absolute atomic E-state index is 13.9. The summed E-state index contributed by atoms with van der Waals surface area (Å²) in [6, 6.07) is 13.0. The molecule has 0 bridgehead atoms. The van der Waals surface area contributed by atoms with Gasteiger partial charge in [0.25, 0.3) is 0 Å². The molecule has 0 spiro atoms. The second-order valence-corrected chi connectivity index (χ2v) is 6.31. The molecule has 0 saturated carbocycles. The molecule has 1 N–H and O–H groups in total. The predicted molar refractivity (Wildman–Crippen MR) is 93.1 cm³/mol. The van der Waals surface area contributed by atoms with Crippen LogP contribution in [0.15, 0.2) is 42.5 Å². The van der Waals surface area contributed by atoms with Gasteiger partial charge in [0, 0.05) is 33.1 Å². The molecular weight excluding hydrogens is 344 g/mol. The van der Waals surface area contributed by atoms with Gasteiger partial charge in [-0.3, -0.25) is 0 Å². The topological polar surface area (TPSA) is 15.8 Å². The van der Waals surface area contributed by atoms with Crippen LogP contribution in [-0.2, 0) is 6.42 Å². The van der Waals surface area contributed by atoms with E-state index in [1.807, 2.05) is 42.5 Å². The van der Waals surface area contributed by atoms with Crippen molar-refractivity contribution in [3.05, 3.63) is 58.1 Å². The van der Waals surface area contributed by atoms with Crippen molar-refractivity contribution in [3.8, 4) is 11.3 Å². The summed E-state index contributed by atoms with van der Waals surface area (Å²) in [6.07, 6.45) is -0.868. The fourth-order valence-corrected chi connectivity index (χ4v) is 2.98. The van der Waals surface area contributed by atoms with E-state index in [4.69, 9.17) is 34.8 Å². The number of hydrogen-bond acceptors (Lipinski definition) is 0. The molecule has 3 aromatic rings. The summed E-state index contributed by atoms with van der Waals surface area (Å²) in [5.74, 6) is -0.0344. The van der Waals surface area contributed by atoms with Crippen LogP contribution >= 0.6 is 34.8 Å². The molecule has 5 heteroatoms. The van der Waals surface area contributed by atoms with Crippen molar-refractivity contribution in [2.75, 3.05) is 5.88 Å². The van der Waals surface area contributed by atoms with E-state index >= 15 is 0 Å². The van der Waals surface area contributed by atoms with Crippen molar-refractivity contribution in [3.63, 3.8) is 0 Å². The highest BCUT2D eigenvalue weighted by Gasteiger charge is 2.17. The van der Waals surface area contributed by atoms with Crippen LogP contribution in [0, 0.1) is 0 Å². The Kier molecular flexibility index (Phi) is 4.62. The molecular formula is C17H13Cl3FN. The smallest absolute Gasteiger partial charge is 0.118 e. The Balaban J connectivity index is 2.19. The van der Waals surface area contributed by atoms with Crippen LogP contribution in [-0.4, -0.2) is 17.0 Å². The van der Waals surface area contributed by atoms with Crippen LogP contribution in [0.5, 0.6) is 0 Å². The number of H-pyrrole nitrogens is 1. The van der Waals surface area contributed by atoms with Crippen LogP contribution < -0.4 is 0 Å². The SMILES string of the molecule is FC(CCl)Cc1c(-c2ccc(Cl)cc2)[nH]c2ccc(Cl)cc12. The third-order valence-electron chi connectivity index (χ3n) is 3.59. The van der Waals surface area contributed by atoms with E-state index in [9.17, 15) is 4.39 Å². The molecule has 1 heterocycles. The Labute approximate surface area is 143 Å². The molecule has 1 atom stereocenters. The second kappa shape index (κ2) is 6.49. The minimum absolute atomic E-state index is 0.0344. The number of rotatable bonds is 4. The van der Waals surface area contributed by atoms with Crippen molar-refractivity contribution in [1.82, 2.24) is 4.98 Å². The van der Waals surface area contributed by atoms with Crippen molar-refractivity contribution in [2.24, 2.45) is 0 Å². The average Bonchev–Trinajstić information content (AvgIpc) is 2.86. The Morgan fingerprint density at radius 1 is 1.00 bits per heavy atom. The Morgan fingerprint density at radius 2 is 1.68 bits per heavy atom. The van der Waals surface area contributed by atoms with E-state index in [1.165, 1.54) is 0 Å². The zero-order valence-corrected chi connectivity index (χ0v) is 13.8. The normalized spacial score (nSPS) is 12.7. The van der Waals surface area contributed by atoms with Gasteiger partial charge in [0.05, 0.1) is 5.88 Å². The van der Waals surface area contributed by atoms with Gasteiger partial charge in [0.1, 0.15) is 6.17 Å². The van der Waals surface area contributed by atoms with E-state index in [1.54, 1.807) is 0 Å². The third-order valence-corrected chi connectivity index (χ3v) is 4.42. The first-order valence-electron chi connectivity index (χ1n) is 6.84. The second-order valence-electron chi connectivity index (χ2n) is 5.13. The number of fused-ring (bicyclic) bond motifs is 1. The third kappa shape index (κ3) is 3.10. The Morgan fingerprint density at radius 3 is 2.36 bits per heavy atom. The molecule has 3 rings (SSSR count). The number of hydrogen-bond donors (Lipinski definition) is 1. The fraction of sp³-hybridized carbons (Fsp3) is 0.176. The lowest BCUT2D eigenvalue weighted by molar-refractivity contribution is 0.365. The highest BCUT2D eigenvalue weighted by atomic mass is 35.5. The maximum atomic E-state index is 13.9. The maximum Gasteiger partial charge on any atom is 0.118 e. The molecule has 0 aliphatic rings. The van der Waals surface area contributed by atoms with Gasteiger partial charge in [-0.1, -0.05) is 35.3 Å². The molecule has 2 aromatic carbocycles. The van der Waals surface area contributed by atoms with Gasteiger partial charge in [-0.2, -0.15) is 0 Å². The van der Waals surface area contributed by atoms with Gasteiger partial charge < -0.3 is 4.98 Å². The van der Waals surface area contributed by atoms with E-state index in [-0.39, 0.29) is 12.3 Å². The number of alkyl halides is 2. The summed E-state index contributed by atoms with van der Waals surface area (Å²) in [5.41, 5.74) is 3.63. The van der Waals surface area contributed by atoms with Crippen molar-refractivity contribution < 1.29 is 4.39 Å². The standard InChI is InChI=1S/C17H13Cl3FN/c18-9-13(21)8-15-14-7-12(20)5-6-16(14)22-17(15)10-1-3-11(19)4-2-10/h1-7,13,22H,8-9H2. The van der Waals surface area contributed by atoms with E-state index in [2.05, 4.69) is 4.98 Å². The van der Waals surface area contributed by atoms with Crippen LogP contribution in [0.2, 0.25) is 10.0 Å². The average molecular weight is 357 g/mol. The number of aromatic nitrogens is 1. The summed E-state index contributed by atoms with van der Waals surface area (Å²) < 4.78 is 13.9. The summed E-state index contributed by atoms with van der Waals surface area (Å²) in [7, 11) is 0. The van der Waals surface area contributed by atoms with Crippen molar-refractivity contribution in [2.45, 2.75) is 12.6 Å².